The third kappa shape index (κ3) is 5.76. The normalized spacial score (nSPS) is 10.0. The van der Waals surface area contributed by atoms with Crippen LogP contribution in [-0.4, -0.2) is 24.4 Å². The molecule has 0 heterocycles. The third-order valence-corrected chi connectivity index (χ3v) is 3.40. The highest BCUT2D eigenvalue weighted by Crippen LogP contribution is 2.12. The molecule has 0 aromatic heterocycles. The van der Waals surface area contributed by atoms with Crippen molar-refractivity contribution in [1.29, 1.82) is 0 Å². The van der Waals surface area contributed by atoms with Crippen LogP contribution >= 0.6 is 0 Å². The van der Waals surface area contributed by atoms with Crippen molar-refractivity contribution in [1.82, 2.24) is 0 Å². The van der Waals surface area contributed by atoms with Gasteiger partial charge in [0.25, 0.3) is 5.91 Å². The summed E-state index contributed by atoms with van der Waals surface area (Å²) in [7, 11) is 0. The first-order valence-electron chi connectivity index (χ1n) is 7.91. The molecule has 2 N–H and O–H groups in total. The zero-order chi connectivity index (χ0) is 18.2. The standard InChI is InChI=1S/C19H20N2O4/c1-3-14-7-9-16(10-8-14)21-18(23)12-25-19(24)15-5-4-6-17(11-15)20-13(2)22/h4-11H,3,12H2,1-2H3,(H,20,22)(H,21,23). The summed E-state index contributed by atoms with van der Waals surface area (Å²) in [6.07, 6.45) is 0.920. The summed E-state index contributed by atoms with van der Waals surface area (Å²) in [5, 5.41) is 5.25. The van der Waals surface area contributed by atoms with E-state index >= 15 is 0 Å². The van der Waals surface area contributed by atoms with Gasteiger partial charge in [-0.2, -0.15) is 0 Å². The fourth-order valence-corrected chi connectivity index (χ4v) is 2.16. The van der Waals surface area contributed by atoms with Crippen LogP contribution in [0.5, 0.6) is 0 Å². The fraction of sp³-hybridized carbons (Fsp3) is 0.211. The lowest BCUT2D eigenvalue weighted by Crippen LogP contribution is -2.21. The Kier molecular flexibility index (Phi) is 6.28. The number of rotatable bonds is 6. The molecule has 2 aromatic rings. The predicted octanol–water partition coefficient (Wildman–Crippen LogP) is 3.00. The zero-order valence-corrected chi connectivity index (χ0v) is 14.2. The van der Waals surface area contributed by atoms with Gasteiger partial charge in [-0.1, -0.05) is 25.1 Å². The molecule has 2 rings (SSSR count). The molecule has 2 amide bonds. The smallest absolute Gasteiger partial charge is 0.338 e. The van der Waals surface area contributed by atoms with Gasteiger partial charge in [-0.25, -0.2) is 4.79 Å². The van der Waals surface area contributed by atoms with Crippen molar-refractivity contribution in [3.8, 4) is 0 Å². The maximum atomic E-state index is 12.0. The maximum Gasteiger partial charge on any atom is 0.338 e. The van der Waals surface area contributed by atoms with Gasteiger partial charge in [0.05, 0.1) is 5.56 Å². The van der Waals surface area contributed by atoms with Crippen molar-refractivity contribution in [3.63, 3.8) is 0 Å². The minimum absolute atomic E-state index is 0.237. The van der Waals surface area contributed by atoms with Crippen LogP contribution < -0.4 is 10.6 Å². The van der Waals surface area contributed by atoms with Gasteiger partial charge < -0.3 is 15.4 Å². The van der Waals surface area contributed by atoms with Crippen molar-refractivity contribution < 1.29 is 19.1 Å². The second-order valence-electron chi connectivity index (χ2n) is 5.44. The monoisotopic (exact) mass is 340 g/mol. The van der Waals surface area contributed by atoms with E-state index in [1.165, 1.54) is 18.6 Å². The number of carbonyl (C=O) groups excluding carboxylic acids is 3. The molecule has 0 spiro atoms. The van der Waals surface area contributed by atoms with Crippen LogP contribution in [0.4, 0.5) is 11.4 Å². The quantitative estimate of drug-likeness (QED) is 0.792. The molecule has 6 heteroatoms. The number of anilines is 2. The predicted molar refractivity (Wildman–Crippen MR) is 95.5 cm³/mol. The summed E-state index contributed by atoms with van der Waals surface area (Å²) in [4.78, 5) is 34.9. The van der Waals surface area contributed by atoms with Crippen LogP contribution in [0.2, 0.25) is 0 Å². The van der Waals surface area contributed by atoms with Crippen LogP contribution in [0, 0.1) is 0 Å². The highest BCUT2D eigenvalue weighted by atomic mass is 16.5. The third-order valence-electron chi connectivity index (χ3n) is 3.40. The van der Waals surface area contributed by atoms with Gasteiger partial charge >= 0.3 is 5.97 Å². The van der Waals surface area contributed by atoms with E-state index in [2.05, 4.69) is 10.6 Å². The molecule has 6 nitrogen and oxygen atoms in total. The Balaban J connectivity index is 1.88. The first kappa shape index (κ1) is 18.2. The summed E-state index contributed by atoms with van der Waals surface area (Å²) >= 11 is 0. The average Bonchev–Trinajstić information content (AvgIpc) is 2.60. The number of hydrogen-bond acceptors (Lipinski definition) is 4. The van der Waals surface area contributed by atoms with E-state index < -0.39 is 18.5 Å². The lowest BCUT2D eigenvalue weighted by Gasteiger charge is -2.08. The van der Waals surface area contributed by atoms with Gasteiger partial charge in [0.1, 0.15) is 0 Å². The first-order chi connectivity index (χ1) is 12.0. The number of esters is 1. The van der Waals surface area contributed by atoms with Gasteiger partial charge in [-0.15, -0.1) is 0 Å². The highest BCUT2D eigenvalue weighted by molar-refractivity contribution is 5.96. The van der Waals surface area contributed by atoms with Crippen molar-refractivity contribution in [2.75, 3.05) is 17.2 Å². The van der Waals surface area contributed by atoms with Crippen LogP contribution in [-0.2, 0) is 20.7 Å². The minimum atomic E-state index is -0.635. The van der Waals surface area contributed by atoms with Crippen molar-refractivity contribution in [2.45, 2.75) is 20.3 Å². The number of amides is 2. The number of aryl methyl sites for hydroxylation is 1. The van der Waals surface area contributed by atoms with Crippen molar-refractivity contribution >= 4 is 29.2 Å². The molecular weight excluding hydrogens is 320 g/mol. The molecule has 0 radical (unpaired) electrons. The maximum absolute atomic E-state index is 12.0. The lowest BCUT2D eigenvalue weighted by atomic mass is 10.1. The number of ether oxygens (including phenoxy) is 1. The Morgan fingerprint density at radius 3 is 2.32 bits per heavy atom. The summed E-state index contributed by atoms with van der Waals surface area (Å²) in [6.45, 7) is 3.04. The molecular formula is C19H20N2O4. The van der Waals surface area contributed by atoms with Gasteiger partial charge in [-0.3, -0.25) is 9.59 Å². The van der Waals surface area contributed by atoms with E-state index in [1.54, 1.807) is 30.3 Å². The van der Waals surface area contributed by atoms with E-state index in [-0.39, 0.29) is 11.5 Å². The Bertz CT molecular complexity index is 769. The number of hydrogen-bond donors (Lipinski definition) is 2. The molecule has 0 fully saturated rings. The Hall–Kier alpha value is -3.15. The van der Waals surface area contributed by atoms with Gasteiger partial charge in [-0.05, 0) is 42.3 Å². The summed E-state index contributed by atoms with van der Waals surface area (Å²) < 4.78 is 5.00. The van der Waals surface area contributed by atoms with Crippen LogP contribution in [0.3, 0.4) is 0 Å². The van der Waals surface area contributed by atoms with Crippen LogP contribution in [0.1, 0.15) is 29.8 Å². The highest BCUT2D eigenvalue weighted by Gasteiger charge is 2.11. The van der Waals surface area contributed by atoms with E-state index in [0.717, 1.165) is 6.42 Å². The molecule has 0 bridgehead atoms. The molecule has 0 atom stereocenters. The molecule has 0 saturated carbocycles. The second-order valence-corrected chi connectivity index (χ2v) is 5.44. The average molecular weight is 340 g/mol. The SMILES string of the molecule is CCc1ccc(NC(=O)COC(=O)c2cccc(NC(C)=O)c2)cc1. The second kappa shape index (κ2) is 8.63. The fourth-order valence-electron chi connectivity index (χ4n) is 2.16. The zero-order valence-electron chi connectivity index (χ0n) is 14.2. The molecule has 0 aliphatic rings. The van der Waals surface area contributed by atoms with Crippen molar-refractivity contribution in [3.05, 3.63) is 59.7 Å². The Morgan fingerprint density at radius 1 is 0.960 bits per heavy atom. The first-order valence-corrected chi connectivity index (χ1v) is 7.91. The van der Waals surface area contributed by atoms with E-state index in [4.69, 9.17) is 4.74 Å². The number of carbonyl (C=O) groups is 3. The molecule has 2 aromatic carbocycles. The van der Waals surface area contributed by atoms with Crippen LogP contribution in [0.25, 0.3) is 0 Å². The van der Waals surface area contributed by atoms with Gasteiger partial charge in [0.15, 0.2) is 6.61 Å². The molecule has 25 heavy (non-hydrogen) atoms. The topological polar surface area (TPSA) is 84.5 Å². The summed E-state index contributed by atoms with van der Waals surface area (Å²) in [6, 6.07) is 13.8. The van der Waals surface area contributed by atoms with Gasteiger partial charge in [0, 0.05) is 18.3 Å². The largest absolute Gasteiger partial charge is 0.452 e. The van der Waals surface area contributed by atoms with E-state index in [1.807, 2.05) is 19.1 Å². The molecule has 130 valence electrons. The minimum Gasteiger partial charge on any atom is -0.452 e. The molecule has 0 aliphatic carbocycles. The Morgan fingerprint density at radius 2 is 1.68 bits per heavy atom. The molecule has 0 unspecified atom stereocenters. The van der Waals surface area contributed by atoms with Gasteiger partial charge in [0.2, 0.25) is 5.91 Å². The van der Waals surface area contributed by atoms with E-state index in [0.29, 0.717) is 11.4 Å². The summed E-state index contributed by atoms with van der Waals surface area (Å²) in [5.41, 5.74) is 2.56. The molecule has 0 aliphatic heterocycles. The summed E-state index contributed by atoms with van der Waals surface area (Å²) in [5.74, 6) is -1.29. The van der Waals surface area contributed by atoms with Crippen molar-refractivity contribution in [2.24, 2.45) is 0 Å². The Labute approximate surface area is 146 Å². The number of nitrogens with one attached hydrogen (secondary N) is 2. The van der Waals surface area contributed by atoms with Crippen LogP contribution in [0.15, 0.2) is 48.5 Å². The van der Waals surface area contributed by atoms with E-state index in [9.17, 15) is 14.4 Å². The molecule has 0 saturated heterocycles. The number of benzene rings is 2. The lowest BCUT2D eigenvalue weighted by molar-refractivity contribution is -0.119.